The highest BCUT2D eigenvalue weighted by Gasteiger charge is 2.35. The van der Waals surface area contributed by atoms with Crippen LogP contribution in [0.15, 0.2) is 24.7 Å². The first-order valence-electron chi connectivity index (χ1n) is 4.70. The SMILES string of the molecule is Cn1ncc(N)c1-c1ccncc1C(F)(F)F. The maximum absolute atomic E-state index is 12.8. The van der Waals surface area contributed by atoms with Gasteiger partial charge in [-0.3, -0.25) is 9.67 Å². The summed E-state index contributed by atoms with van der Waals surface area (Å²) in [6, 6.07) is 1.27. The Bertz CT molecular complexity index is 525. The summed E-state index contributed by atoms with van der Waals surface area (Å²) in [6.07, 6.45) is -1.09. The summed E-state index contributed by atoms with van der Waals surface area (Å²) in [5.41, 5.74) is 5.20. The zero-order valence-electron chi connectivity index (χ0n) is 8.86. The molecule has 0 radical (unpaired) electrons. The van der Waals surface area contributed by atoms with Gasteiger partial charge >= 0.3 is 6.18 Å². The molecule has 0 saturated carbocycles. The Morgan fingerprint density at radius 3 is 2.53 bits per heavy atom. The Hall–Kier alpha value is -2.05. The molecule has 0 aliphatic heterocycles. The van der Waals surface area contributed by atoms with E-state index in [2.05, 4.69) is 10.1 Å². The second-order valence-corrected chi connectivity index (χ2v) is 3.49. The predicted octanol–water partition coefficient (Wildman–Crippen LogP) is 2.08. The number of pyridine rings is 1. The minimum Gasteiger partial charge on any atom is -0.396 e. The van der Waals surface area contributed by atoms with E-state index in [1.807, 2.05) is 0 Å². The molecule has 0 bridgehead atoms. The van der Waals surface area contributed by atoms with Gasteiger partial charge in [-0.2, -0.15) is 18.3 Å². The minimum atomic E-state index is -4.47. The number of halogens is 3. The lowest BCUT2D eigenvalue weighted by Gasteiger charge is -2.12. The van der Waals surface area contributed by atoms with Crippen LogP contribution in [0.5, 0.6) is 0 Å². The summed E-state index contributed by atoms with van der Waals surface area (Å²) in [6.45, 7) is 0. The smallest absolute Gasteiger partial charge is 0.396 e. The number of nitrogen functional groups attached to an aromatic ring is 1. The van der Waals surface area contributed by atoms with Crippen LogP contribution in [0, 0.1) is 0 Å². The number of alkyl halides is 3. The monoisotopic (exact) mass is 242 g/mol. The molecule has 0 aliphatic carbocycles. The van der Waals surface area contributed by atoms with Crippen molar-refractivity contribution in [2.75, 3.05) is 5.73 Å². The molecule has 90 valence electrons. The number of nitrogens with zero attached hydrogens (tertiary/aromatic N) is 3. The first-order chi connectivity index (χ1) is 7.91. The lowest BCUT2D eigenvalue weighted by Crippen LogP contribution is -2.09. The minimum absolute atomic E-state index is 0.0231. The molecule has 2 heterocycles. The van der Waals surface area contributed by atoms with Crippen LogP contribution in [-0.2, 0) is 13.2 Å². The van der Waals surface area contributed by atoms with Gasteiger partial charge in [-0.05, 0) is 6.07 Å². The van der Waals surface area contributed by atoms with Gasteiger partial charge in [0.25, 0.3) is 0 Å². The fourth-order valence-electron chi connectivity index (χ4n) is 1.61. The first kappa shape index (κ1) is 11.4. The van der Waals surface area contributed by atoms with Gasteiger partial charge in [0.2, 0.25) is 0 Å². The Morgan fingerprint density at radius 1 is 1.29 bits per heavy atom. The topological polar surface area (TPSA) is 56.7 Å². The maximum atomic E-state index is 12.8. The van der Waals surface area contributed by atoms with Gasteiger partial charge in [-0.25, -0.2) is 0 Å². The van der Waals surface area contributed by atoms with Crippen molar-refractivity contribution in [1.82, 2.24) is 14.8 Å². The van der Waals surface area contributed by atoms with Crippen molar-refractivity contribution in [3.05, 3.63) is 30.2 Å². The fraction of sp³-hybridized carbons (Fsp3) is 0.200. The zero-order chi connectivity index (χ0) is 12.6. The molecule has 0 fully saturated rings. The van der Waals surface area contributed by atoms with Gasteiger partial charge in [0.1, 0.15) is 0 Å². The van der Waals surface area contributed by atoms with Crippen LogP contribution >= 0.6 is 0 Å². The summed E-state index contributed by atoms with van der Waals surface area (Å²) in [5.74, 6) is 0. The normalized spacial score (nSPS) is 11.8. The van der Waals surface area contributed by atoms with Crippen molar-refractivity contribution < 1.29 is 13.2 Å². The predicted molar refractivity (Wildman–Crippen MR) is 55.9 cm³/mol. The van der Waals surface area contributed by atoms with E-state index < -0.39 is 11.7 Å². The highest BCUT2D eigenvalue weighted by molar-refractivity contribution is 5.75. The summed E-state index contributed by atoms with van der Waals surface area (Å²) < 4.78 is 39.7. The summed E-state index contributed by atoms with van der Waals surface area (Å²) >= 11 is 0. The Labute approximate surface area is 94.9 Å². The third kappa shape index (κ3) is 1.95. The van der Waals surface area contributed by atoms with Gasteiger partial charge in [0.05, 0.1) is 23.1 Å². The van der Waals surface area contributed by atoms with Crippen molar-refractivity contribution in [2.45, 2.75) is 6.18 Å². The molecule has 17 heavy (non-hydrogen) atoms. The van der Waals surface area contributed by atoms with E-state index >= 15 is 0 Å². The van der Waals surface area contributed by atoms with Gasteiger partial charge in [0.15, 0.2) is 0 Å². The van der Waals surface area contributed by atoms with Crippen LogP contribution < -0.4 is 5.73 Å². The van der Waals surface area contributed by atoms with Crippen LogP contribution in [0.4, 0.5) is 18.9 Å². The highest BCUT2D eigenvalue weighted by Crippen LogP contribution is 2.37. The van der Waals surface area contributed by atoms with Crippen LogP contribution in [-0.4, -0.2) is 14.8 Å². The molecule has 2 aromatic heterocycles. The second kappa shape index (κ2) is 3.76. The van der Waals surface area contributed by atoms with Crippen LogP contribution in [0.3, 0.4) is 0 Å². The molecule has 7 heteroatoms. The number of nitrogens with two attached hydrogens (primary N) is 1. The molecule has 0 amide bonds. The Balaban J connectivity index is 2.69. The number of aromatic nitrogens is 3. The van der Waals surface area contributed by atoms with Gasteiger partial charge in [-0.1, -0.05) is 0 Å². The van der Waals surface area contributed by atoms with Crippen LogP contribution in [0.1, 0.15) is 5.56 Å². The fourth-order valence-corrected chi connectivity index (χ4v) is 1.61. The van der Waals surface area contributed by atoms with Crippen LogP contribution in [0.2, 0.25) is 0 Å². The molecule has 2 rings (SSSR count). The number of hydrogen-bond donors (Lipinski definition) is 1. The maximum Gasteiger partial charge on any atom is 0.418 e. The van der Waals surface area contributed by atoms with E-state index in [1.165, 1.54) is 30.2 Å². The molecule has 0 spiro atoms. The van der Waals surface area contributed by atoms with E-state index in [4.69, 9.17) is 5.73 Å². The van der Waals surface area contributed by atoms with Crippen molar-refractivity contribution in [1.29, 1.82) is 0 Å². The van der Waals surface area contributed by atoms with Gasteiger partial charge in [0, 0.05) is 25.0 Å². The third-order valence-electron chi connectivity index (χ3n) is 2.35. The molecular weight excluding hydrogens is 233 g/mol. The Morgan fingerprint density at radius 2 is 2.00 bits per heavy atom. The second-order valence-electron chi connectivity index (χ2n) is 3.49. The molecule has 4 nitrogen and oxygen atoms in total. The number of aryl methyl sites for hydroxylation is 1. The largest absolute Gasteiger partial charge is 0.418 e. The standard InChI is InChI=1S/C10H9F3N4/c1-17-9(8(14)5-16-17)6-2-3-15-4-7(6)10(11,12)13/h2-5H,14H2,1H3. The van der Waals surface area contributed by atoms with E-state index in [1.54, 1.807) is 0 Å². The average molecular weight is 242 g/mol. The average Bonchev–Trinajstić information content (AvgIpc) is 2.57. The summed E-state index contributed by atoms with van der Waals surface area (Å²) in [4.78, 5) is 3.49. The number of hydrogen-bond acceptors (Lipinski definition) is 3. The van der Waals surface area contributed by atoms with E-state index in [0.29, 0.717) is 0 Å². The molecule has 0 atom stereocenters. The molecule has 0 saturated heterocycles. The lowest BCUT2D eigenvalue weighted by molar-refractivity contribution is -0.137. The van der Waals surface area contributed by atoms with Crippen molar-refractivity contribution in [3.8, 4) is 11.3 Å². The van der Waals surface area contributed by atoms with Crippen LogP contribution in [0.25, 0.3) is 11.3 Å². The van der Waals surface area contributed by atoms with E-state index in [0.717, 1.165) is 6.20 Å². The molecule has 0 aliphatic rings. The van der Waals surface area contributed by atoms with E-state index in [-0.39, 0.29) is 16.9 Å². The Kier molecular flexibility index (Phi) is 2.53. The third-order valence-corrected chi connectivity index (χ3v) is 2.35. The van der Waals surface area contributed by atoms with Gasteiger partial charge < -0.3 is 5.73 Å². The van der Waals surface area contributed by atoms with Gasteiger partial charge in [-0.15, -0.1) is 0 Å². The molecule has 2 aromatic rings. The van der Waals surface area contributed by atoms with Crippen molar-refractivity contribution >= 4 is 5.69 Å². The zero-order valence-corrected chi connectivity index (χ0v) is 8.86. The molecule has 0 unspecified atom stereocenters. The quantitative estimate of drug-likeness (QED) is 0.832. The molecule has 0 aromatic carbocycles. The number of anilines is 1. The lowest BCUT2D eigenvalue weighted by atomic mass is 10.1. The first-order valence-corrected chi connectivity index (χ1v) is 4.70. The number of rotatable bonds is 1. The molecule has 2 N–H and O–H groups in total. The summed E-state index contributed by atoms with van der Waals surface area (Å²) in [5, 5.41) is 3.82. The van der Waals surface area contributed by atoms with E-state index in [9.17, 15) is 13.2 Å². The van der Waals surface area contributed by atoms with Crippen molar-refractivity contribution in [3.63, 3.8) is 0 Å². The molecular formula is C10H9F3N4. The highest BCUT2D eigenvalue weighted by atomic mass is 19.4. The van der Waals surface area contributed by atoms with Crippen molar-refractivity contribution in [2.24, 2.45) is 7.05 Å². The summed E-state index contributed by atoms with van der Waals surface area (Å²) in [7, 11) is 1.53.